The number of hydrogen-bond donors (Lipinski definition) is 1. The van der Waals surface area contributed by atoms with Crippen LogP contribution < -0.4 is 5.32 Å². The highest BCUT2D eigenvalue weighted by Gasteiger charge is 2.17. The first kappa shape index (κ1) is 20.7. The van der Waals surface area contributed by atoms with E-state index < -0.39 is 28.7 Å². The van der Waals surface area contributed by atoms with Crippen molar-refractivity contribution in [2.45, 2.75) is 20.8 Å². The van der Waals surface area contributed by atoms with Gasteiger partial charge in [-0.15, -0.1) is 0 Å². The molecule has 0 spiro atoms. The normalized spacial score (nSPS) is 9.00. The minimum Gasteiger partial charge on any atom is -0.465 e. The molecule has 0 saturated heterocycles. The van der Waals surface area contributed by atoms with E-state index in [9.17, 15) is 29.3 Å². The van der Waals surface area contributed by atoms with Gasteiger partial charge in [0.25, 0.3) is 5.69 Å². The van der Waals surface area contributed by atoms with Crippen LogP contribution in [0.1, 0.15) is 31.1 Å². The molecule has 10 heteroatoms. The molecular weight excluding hydrogens is 324 g/mol. The van der Waals surface area contributed by atoms with Crippen molar-refractivity contribution in [3.63, 3.8) is 0 Å². The first-order chi connectivity index (χ1) is 11.1. The monoisotopic (exact) mass is 340 g/mol. The molecule has 1 N–H and O–H groups in total. The van der Waals surface area contributed by atoms with Crippen LogP contribution in [-0.2, 0) is 23.9 Å². The summed E-state index contributed by atoms with van der Waals surface area (Å²) in [6.07, 6.45) is 0. The van der Waals surface area contributed by atoms with Gasteiger partial charge in [0.05, 0.1) is 23.3 Å². The highest BCUT2D eigenvalue weighted by Crippen LogP contribution is 2.23. The largest absolute Gasteiger partial charge is 0.465 e. The van der Waals surface area contributed by atoms with Crippen LogP contribution in [0.25, 0.3) is 0 Å². The number of non-ortho nitro benzene ring substituents is 1. The fraction of sp³-hybridized carbons (Fsp3) is 0.286. The second-order valence-corrected chi connectivity index (χ2v) is 4.24. The highest BCUT2D eigenvalue weighted by atomic mass is 16.6. The number of anilines is 1. The van der Waals surface area contributed by atoms with Crippen molar-refractivity contribution >= 4 is 35.2 Å². The zero-order chi connectivity index (χ0) is 18.9. The minimum atomic E-state index is -0.677. The van der Waals surface area contributed by atoms with Crippen molar-refractivity contribution in [2.75, 3.05) is 12.4 Å². The van der Waals surface area contributed by atoms with Crippen LogP contribution in [0.2, 0.25) is 0 Å². The Hall–Kier alpha value is -3.30. The summed E-state index contributed by atoms with van der Waals surface area (Å²) in [6, 6.07) is 3.50. The third-order valence-corrected chi connectivity index (χ3v) is 2.22. The predicted octanol–water partition coefficient (Wildman–Crippen LogP) is 1.44. The Balaban J connectivity index is 0.000000640. The second kappa shape index (κ2) is 9.66. The Bertz CT molecular complexity index is 657. The van der Waals surface area contributed by atoms with Crippen molar-refractivity contribution in [1.29, 1.82) is 0 Å². The average Bonchev–Trinajstić information content (AvgIpc) is 2.44. The van der Waals surface area contributed by atoms with Crippen molar-refractivity contribution in [3.05, 3.63) is 33.9 Å². The predicted molar refractivity (Wildman–Crippen MR) is 81.2 cm³/mol. The van der Waals surface area contributed by atoms with Gasteiger partial charge in [-0.2, -0.15) is 0 Å². The molecule has 0 aliphatic rings. The van der Waals surface area contributed by atoms with E-state index in [1.165, 1.54) is 33.9 Å². The van der Waals surface area contributed by atoms with E-state index in [0.29, 0.717) is 0 Å². The van der Waals surface area contributed by atoms with Gasteiger partial charge in [-0.3, -0.25) is 24.5 Å². The van der Waals surface area contributed by atoms with Gasteiger partial charge < -0.3 is 14.8 Å². The number of nitro groups is 1. The summed E-state index contributed by atoms with van der Waals surface area (Å²) in [5, 5.41) is 12.9. The minimum absolute atomic E-state index is 0.0542. The highest BCUT2D eigenvalue weighted by molar-refractivity contribution is 6.01. The lowest BCUT2D eigenvalue weighted by molar-refractivity contribution is -0.384. The molecule has 0 unspecified atom stereocenters. The summed E-state index contributed by atoms with van der Waals surface area (Å²) in [5.74, 6) is -2.24. The summed E-state index contributed by atoms with van der Waals surface area (Å²) in [5.41, 5.74) is -0.103. The summed E-state index contributed by atoms with van der Waals surface area (Å²) in [4.78, 5) is 51.8. The van der Waals surface area contributed by atoms with Gasteiger partial charge >= 0.3 is 17.9 Å². The number of hydrogen-bond acceptors (Lipinski definition) is 8. The van der Waals surface area contributed by atoms with E-state index in [1.807, 2.05) is 0 Å². The van der Waals surface area contributed by atoms with Crippen LogP contribution in [-0.4, -0.2) is 35.8 Å². The van der Waals surface area contributed by atoms with Crippen molar-refractivity contribution in [3.8, 4) is 0 Å². The lowest BCUT2D eigenvalue weighted by Crippen LogP contribution is -2.12. The van der Waals surface area contributed by atoms with Crippen LogP contribution in [0.5, 0.6) is 0 Å². The van der Waals surface area contributed by atoms with E-state index in [2.05, 4.69) is 14.8 Å². The van der Waals surface area contributed by atoms with Crippen LogP contribution in [0, 0.1) is 10.1 Å². The maximum absolute atomic E-state index is 11.4. The molecule has 0 aliphatic carbocycles. The zero-order valence-corrected chi connectivity index (χ0v) is 13.4. The summed E-state index contributed by atoms with van der Waals surface area (Å²) >= 11 is 0. The number of amides is 1. The molecule has 0 atom stereocenters. The Labute approximate surface area is 136 Å². The molecule has 1 rings (SSSR count). The van der Waals surface area contributed by atoms with E-state index in [1.54, 1.807) is 0 Å². The van der Waals surface area contributed by atoms with Crippen molar-refractivity contribution < 1.29 is 33.6 Å². The fourth-order valence-electron chi connectivity index (χ4n) is 1.43. The molecule has 1 aromatic rings. The number of methoxy groups -OCH3 is 1. The topological polar surface area (TPSA) is 142 Å². The number of nitrogens with zero attached hydrogens (tertiary/aromatic N) is 1. The van der Waals surface area contributed by atoms with E-state index >= 15 is 0 Å². The Morgan fingerprint density at radius 3 is 1.96 bits per heavy atom. The molecule has 10 nitrogen and oxygen atoms in total. The number of esters is 3. The van der Waals surface area contributed by atoms with Crippen LogP contribution in [0.3, 0.4) is 0 Å². The summed E-state index contributed by atoms with van der Waals surface area (Å²) in [6.45, 7) is 3.60. The third kappa shape index (κ3) is 7.64. The van der Waals surface area contributed by atoms with E-state index in [0.717, 1.165) is 12.1 Å². The third-order valence-electron chi connectivity index (χ3n) is 2.22. The van der Waals surface area contributed by atoms with Gasteiger partial charge in [0, 0.05) is 32.9 Å². The van der Waals surface area contributed by atoms with E-state index in [4.69, 9.17) is 0 Å². The molecule has 0 heterocycles. The molecule has 0 aromatic heterocycles. The smallest absolute Gasteiger partial charge is 0.339 e. The molecule has 130 valence electrons. The zero-order valence-electron chi connectivity index (χ0n) is 13.4. The van der Waals surface area contributed by atoms with Crippen molar-refractivity contribution in [2.24, 2.45) is 0 Å². The van der Waals surface area contributed by atoms with Gasteiger partial charge in [0.1, 0.15) is 0 Å². The quantitative estimate of drug-likeness (QED) is 0.377. The Kier molecular flexibility index (Phi) is 8.33. The fourth-order valence-corrected chi connectivity index (χ4v) is 1.43. The molecular formula is C14H16N2O8. The number of nitro benzene ring substituents is 1. The molecule has 0 radical (unpaired) electrons. The SMILES string of the molecule is CC(=O)OC(C)=O.COC(=O)c1ccc([N+](=O)[O-])cc1NC(C)=O. The molecule has 1 amide bonds. The first-order valence-electron chi connectivity index (χ1n) is 6.41. The standard InChI is InChI=1S/C10H10N2O5.C4H6O3/c1-6(13)11-9-5-7(12(15)16)3-4-8(9)10(14)17-2;1-3(5)7-4(2)6/h3-5H,1-2H3,(H,11,13);1-2H3. The first-order valence-corrected chi connectivity index (χ1v) is 6.41. The molecule has 0 bridgehead atoms. The number of nitrogens with one attached hydrogen (secondary N) is 1. The van der Waals surface area contributed by atoms with Gasteiger partial charge in [0.2, 0.25) is 5.91 Å². The van der Waals surface area contributed by atoms with Crippen LogP contribution in [0.4, 0.5) is 11.4 Å². The molecule has 1 aromatic carbocycles. The molecule has 0 aliphatic heterocycles. The van der Waals surface area contributed by atoms with Gasteiger partial charge in [-0.05, 0) is 6.07 Å². The van der Waals surface area contributed by atoms with Crippen LogP contribution >= 0.6 is 0 Å². The van der Waals surface area contributed by atoms with Gasteiger partial charge in [-0.1, -0.05) is 0 Å². The average molecular weight is 340 g/mol. The maximum atomic E-state index is 11.4. The van der Waals surface area contributed by atoms with E-state index in [-0.39, 0.29) is 16.9 Å². The Morgan fingerprint density at radius 1 is 1.08 bits per heavy atom. The molecule has 0 saturated carbocycles. The molecule has 0 fully saturated rings. The lowest BCUT2D eigenvalue weighted by Gasteiger charge is -2.07. The number of carbonyl (C=O) groups excluding carboxylic acids is 4. The second-order valence-electron chi connectivity index (χ2n) is 4.24. The van der Waals surface area contributed by atoms with Gasteiger partial charge in [0.15, 0.2) is 0 Å². The summed E-state index contributed by atoms with van der Waals surface area (Å²) in [7, 11) is 1.18. The Morgan fingerprint density at radius 2 is 1.62 bits per heavy atom. The summed E-state index contributed by atoms with van der Waals surface area (Å²) < 4.78 is 8.47. The van der Waals surface area contributed by atoms with Crippen molar-refractivity contribution in [1.82, 2.24) is 0 Å². The number of carbonyl (C=O) groups is 4. The number of rotatable bonds is 3. The maximum Gasteiger partial charge on any atom is 0.339 e. The molecule has 24 heavy (non-hydrogen) atoms. The van der Waals surface area contributed by atoms with Crippen LogP contribution in [0.15, 0.2) is 18.2 Å². The lowest BCUT2D eigenvalue weighted by atomic mass is 10.1. The van der Waals surface area contributed by atoms with Gasteiger partial charge in [-0.25, -0.2) is 4.79 Å². The number of benzene rings is 1. The number of ether oxygens (including phenoxy) is 2.